The number of aliphatic hydroxyl groups excluding tert-OH is 2. The van der Waals surface area contributed by atoms with Crippen molar-refractivity contribution in [2.24, 2.45) is 11.8 Å². The summed E-state index contributed by atoms with van der Waals surface area (Å²) in [6.45, 7) is 1.33. The van der Waals surface area contributed by atoms with Crippen LogP contribution in [0.25, 0.3) is 22.2 Å². The van der Waals surface area contributed by atoms with Gasteiger partial charge in [0.05, 0.1) is 17.4 Å². The summed E-state index contributed by atoms with van der Waals surface area (Å²) in [6.07, 6.45) is 7.94. The number of imidazole rings is 2. The number of hydrogen-bond acceptors (Lipinski definition) is 9. The number of rotatable bonds is 9. The van der Waals surface area contributed by atoms with E-state index in [-0.39, 0.29) is 5.82 Å². The second kappa shape index (κ2) is 10.1. The van der Waals surface area contributed by atoms with Gasteiger partial charge in [-0.05, 0) is 74.1 Å². The minimum absolute atomic E-state index is 0.263. The van der Waals surface area contributed by atoms with E-state index in [0.29, 0.717) is 23.6 Å². The molecular formula is C28H36N8O3. The number of fused-ring (bicyclic) bond motifs is 2. The van der Waals surface area contributed by atoms with Crippen LogP contribution in [0.15, 0.2) is 30.9 Å². The predicted octanol–water partition coefficient (Wildman–Crippen LogP) is 2.42. The van der Waals surface area contributed by atoms with Crippen LogP contribution in [-0.2, 0) is 11.2 Å². The van der Waals surface area contributed by atoms with Gasteiger partial charge in [-0.1, -0.05) is 12.5 Å². The van der Waals surface area contributed by atoms with Crippen LogP contribution in [-0.4, -0.2) is 71.1 Å². The standard InChI is InChI=1S/C28H36N8O3/c29-26-23-27(32-13-31-26)36(14-33-23)28-25(38)24(37)21(39-28)12-30-11-16-8-15(9-16)4-7-22-34-19-6-5-18(10-20(19)35-22)17-2-1-3-17/h5-6,10,13-17,21,24-25,28,30,37-38H,1-4,7-9,11-12H2,(H,34,35)(H2,29,31,32)/t15?,16?,21-,24-,25-,28-/m1/s1. The van der Waals surface area contributed by atoms with Crippen molar-refractivity contribution in [2.75, 3.05) is 18.8 Å². The van der Waals surface area contributed by atoms with Crippen molar-refractivity contribution in [1.29, 1.82) is 0 Å². The molecule has 4 heterocycles. The van der Waals surface area contributed by atoms with Crippen LogP contribution in [0.4, 0.5) is 5.82 Å². The SMILES string of the molecule is Nc1ncnc2c1ncn2[C@@H]1O[C@H](CNCC2CC(CCc3nc4ccc(C5CCC5)cc4[nH]3)C2)[C@@H](O)[C@H]1O. The lowest BCUT2D eigenvalue weighted by molar-refractivity contribution is -0.0346. The van der Waals surface area contributed by atoms with Crippen molar-refractivity contribution in [2.45, 2.75) is 75.4 Å². The van der Waals surface area contributed by atoms with E-state index in [4.69, 9.17) is 15.5 Å². The molecule has 7 rings (SSSR count). The predicted molar refractivity (Wildman–Crippen MR) is 146 cm³/mol. The van der Waals surface area contributed by atoms with Crippen LogP contribution in [0.1, 0.15) is 62.1 Å². The Bertz CT molecular complexity index is 1460. The van der Waals surface area contributed by atoms with Crippen molar-refractivity contribution >= 4 is 28.0 Å². The first-order valence-electron chi connectivity index (χ1n) is 14.2. The van der Waals surface area contributed by atoms with E-state index in [0.717, 1.165) is 42.6 Å². The van der Waals surface area contributed by atoms with Gasteiger partial charge in [-0.25, -0.2) is 19.9 Å². The fourth-order valence-corrected chi connectivity index (χ4v) is 6.42. The number of ether oxygens (including phenoxy) is 1. The molecule has 2 saturated carbocycles. The molecule has 206 valence electrons. The molecule has 4 aromatic rings. The number of aliphatic hydroxyl groups is 2. The highest BCUT2D eigenvalue weighted by atomic mass is 16.6. The summed E-state index contributed by atoms with van der Waals surface area (Å²) in [5.41, 5.74) is 10.5. The summed E-state index contributed by atoms with van der Waals surface area (Å²) >= 11 is 0. The molecule has 3 aliphatic rings. The molecule has 1 aromatic carbocycles. The fourth-order valence-electron chi connectivity index (χ4n) is 6.42. The summed E-state index contributed by atoms with van der Waals surface area (Å²) in [7, 11) is 0. The molecule has 1 aliphatic heterocycles. The fraction of sp³-hybridized carbons (Fsp3) is 0.571. The van der Waals surface area contributed by atoms with E-state index in [1.807, 2.05) is 0 Å². The Morgan fingerprint density at radius 3 is 2.77 bits per heavy atom. The van der Waals surface area contributed by atoms with Gasteiger partial charge in [-0.15, -0.1) is 0 Å². The number of benzene rings is 1. The first kappa shape index (κ1) is 24.9. The molecule has 11 heteroatoms. The molecule has 0 spiro atoms. The van der Waals surface area contributed by atoms with Crippen molar-refractivity contribution in [3.8, 4) is 0 Å². The van der Waals surface area contributed by atoms with Crippen molar-refractivity contribution in [3.05, 3.63) is 42.2 Å². The average molecular weight is 533 g/mol. The number of nitrogens with one attached hydrogen (secondary N) is 2. The summed E-state index contributed by atoms with van der Waals surface area (Å²) in [4.78, 5) is 20.8. The zero-order valence-electron chi connectivity index (χ0n) is 21.9. The molecule has 2 aliphatic carbocycles. The highest BCUT2D eigenvalue weighted by Crippen LogP contribution is 2.38. The third-order valence-corrected chi connectivity index (χ3v) is 9.03. The Hall–Kier alpha value is -3.12. The number of nitrogens with two attached hydrogens (primary N) is 1. The zero-order chi connectivity index (χ0) is 26.5. The van der Waals surface area contributed by atoms with Crippen molar-refractivity contribution in [1.82, 2.24) is 34.8 Å². The molecule has 6 N–H and O–H groups in total. The van der Waals surface area contributed by atoms with Gasteiger partial charge in [-0.2, -0.15) is 0 Å². The van der Waals surface area contributed by atoms with E-state index in [1.54, 1.807) is 4.57 Å². The Morgan fingerprint density at radius 1 is 1.08 bits per heavy atom. The summed E-state index contributed by atoms with van der Waals surface area (Å²) in [5.74, 6) is 3.44. The van der Waals surface area contributed by atoms with Crippen molar-refractivity contribution in [3.63, 3.8) is 0 Å². The van der Waals surface area contributed by atoms with Gasteiger partial charge in [0.15, 0.2) is 17.7 Å². The van der Waals surface area contributed by atoms with Gasteiger partial charge in [0.25, 0.3) is 0 Å². The number of H-pyrrole nitrogens is 1. The Balaban J connectivity index is 0.858. The normalized spacial score (nSPS) is 29.2. The second-order valence-electron chi connectivity index (χ2n) is 11.6. The van der Waals surface area contributed by atoms with E-state index in [2.05, 4.69) is 43.5 Å². The summed E-state index contributed by atoms with van der Waals surface area (Å²) in [6, 6.07) is 6.72. The number of aromatic nitrogens is 6. The molecule has 11 nitrogen and oxygen atoms in total. The van der Waals surface area contributed by atoms with Gasteiger partial charge in [0.2, 0.25) is 0 Å². The number of nitrogen functional groups attached to an aromatic ring is 1. The van der Waals surface area contributed by atoms with E-state index in [1.165, 1.54) is 55.8 Å². The molecule has 0 amide bonds. The Kier molecular flexibility index (Phi) is 6.46. The van der Waals surface area contributed by atoms with Gasteiger partial charge in [0, 0.05) is 13.0 Å². The number of nitrogens with zero attached hydrogens (tertiary/aromatic N) is 5. The van der Waals surface area contributed by atoms with Crippen molar-refractivity contribution < 1.29 is 14.9 Å². The van der Waals surface area contributed by atoms with E-state index in [9.17, 15) is 10.2 Å². The van der Waals surface area contributed by atoms with Gasteiger partial charge in [0.1, 0.15) is 36.0 Å². The lowest BCUT2D eigenvalue weighted by Gasteiger charge is -2.35. The molecule has 0 bridgehead atoms. The van der Waals surface area contributed by atoms with Crippen LogP contribution < -0.4 is 11.1 Å². The molecule has 4 atom stereocenters. The third-order valence-electron chi connectivity index (χ3n) is 9.03. The van der Waals surface area contributed by atoms with E-state index < -0.39 is 24.5 Å². The molecule has 39 heavy (non-hydrogen) atoms. The quantitative estimate of drug-likeness (QED) is 0.218. The molecule has 3 aromatic heterocycles. The first-order chi connectivity index (χ1) is 19.0. The minimum atomic E-state index is -1.10. The van der Waals surface area contributed by atoms with E-state index >= 15 is 0 Å². The molecule has 0 radical (unpaired) electrons. The summed E-state index contributed by atoms with van der Waals surface area (Å²) < 4.78 is 7.63. The number of hydrogen-bond donors (Lipinski definition) is 5. The topological polar surface area (TPSA) is 160 Å². The zero-order valence-corrected chi connectivity index (χ0v) is 21.9. The average Bonchev–Trinajstić information content (AvgIpc) is 3.56. The molecule has 3 fully saturated rings. The highest BCUT2D eigenvalue weighted by Gasteiger charge is 2.44. The Morgan fingerprint density at radius 2 is 1.95 bits per heavy atom. The smallest absolute Gasteiger partial charge is 0.167 e. The number of aryl methyl sites for hydroxylation is 1. The van der Waals surface area contributed by atoms with Gasteiger partial charge in [-0.3, -0.25) is 4.57 Å². The van der Waals surface area contributed by atoms with Crippen LogP contribution >= 0.6 is 0 Å². The number of aromatic amines is 1. The largest absolute Gasteiger partial charge is 0.387 e. The van der Waals surface area contributed by atoms with Crippen LogP contribution in [0.2, 0.25) is 0 Å². The summed E-state index contributed by atoms with van der Waals surface area (Å²) in [5, 5.41) is 24.7. The first-order valence-corrected chi connectivity index (χ1v) is 14.2. The maximum Gasteiger partial charge on any atom is 0.167 e. The monoisotopic (exact) mass is 532 g/mol. The molecular weight excluding hydrogens is 496 g/mol. The van der Waals surface area contributed by atoms with Crippen LogP contribution in [0.3, 0.4) is 0 Å². The second-order valence-corrected chi connectivity index (χ2v) is 11.6. The van der Waals surface area contributed by atoms with Crippen LogP contribution in [0, 0.1) is 11.8 Å². The number of anilines is 1. The molecule has 1 saturated heterocycles. The van der Waals surface area contributed by atoms with Crippen LogP contribution in [0.5, 0.6) is 0 Å². The Labute approximate surface area is 226 Å². The van der Waals surface area contributed by atoms with Gasteiger partial charge >= 0.3 is 0 Å². The maximum atomic E-state index is 10.6. The molecule has 0 unspecified atom stereocenters. The lowest BCUT2D eigenvalue weighted by Crippen LogP contribution is -2.41. The third kappa shape index (κ3) is 4.67. The maximum absolute atomic E-state index is 10.6. The van der Waals surface area contributed by atoms with Gasteiger partial charge < -0.3 is 31.0 Å². The minimum Gasteiger partial charge on any atom is -0.387 e. The lowest BCUT2D eigenvalue weighted by atomic mass is 9.72. The highest BCUT2D eigenvalue weighted by molar-refractivity contribution is 5.81.